The molecule has 0 N–H and O–H groups in total. The van der Waals surface area contributed by atoms with Crippen molar-refractivity contribution in [3.63, 3.8) is 0 Å². The highest BCUT2D eigenvalue weighted by atomic mass is 79.9. The summed E-state index contributed by atoms with van der Waals surface area (Å²) in [5.41, 5.74) is 3.00. The Balaban J connectivity index is 2.07. The smallest absolute Gasteiger partial charge is 0.168 e. The van der Waals surface area contributed by atoms with Crippen molar-refractivity contribution in [1.82, 2.24) is 4.98 Å². The van der Waals surface area contributed by atoms with Gasteiger partial charge in [0.15, 0.2) is 6.29 Å². The number of rotatable bonds is 4. The summed E-state index contributed by atoms with van der Waals surface area (Å²) < 4.78 is 6.96. The quantitative estimate of drug-likeness (QED) is 0.637. The highest BCUT2D eigenvalue weighted by Gasteiger charge is 2.13. The molecule has 22 heavy (non-hydrogen) atoms. The molecule has 3 nitrogen and oxygen atoms in total. The molecule has 1 aromatic heterocycles. The van der Waals surface area contributed by atoms with Crippen molar-refractivity contribution in [2.24, 2.45) is 0 Å². The van der Waals surface area contributed by atoms with Crippen LogP contribution in [0.5, 0.6) is 5.75 Å². The molecular weight excluding hydrogens is 342 g/mol. The predicted molar refractivity (Wildman–Crippen MR) is 90.3 cm³/mol. The summed E-state index contributed by atoms with van der Waals surface area (Å²) in [7, 11) is 0. The summed E-state index contributed by atoms with van der Waals surface area (Å²) in [6, 6.07) is 15.7. The van der Waals surface area contributed by atoms with Crippen LogP contribution in [0.2, 0.25) is 0 Å². The van der Waals surface area contributed by atoms with Crippen LogP contribution in [0.4, 0.5) is 0 Å². The second-order valence-electron chi connectivity index (χ2n) is 5.00. The zero-order valence-corrected chi connectivity index (χ0v) is 13.6. The van der Waals surface area contributed by atoms with Crippen LogP contribution < -0.4 is 4.74 Å². The Kier molecular flexibility index (Phi) is 4.20. The predicted octanol–water partition coefficient (Wildman–Crippen LogP) is 4.70. The summed E-state index contributed by atoms with van der Waals surface area (Å²) in [6.07, 6.45) is 0.770. The van der Waals surface area contributed by atoms with E-state index >= 15 is 0 Å². The van der Waals surface area contributed by atoms with E-state index in [4.69, 9.17) is 4.74 Å². The van der Waals surface area contributed by atoms with Gasteiger partial charge in [0, 0.05) is 15.4 Å². The number of hydrogen-bond acceptors (Lipinski definition) is 3. The van der Waals surface area contributed by atoms with Crippen molar-refractivity contribution in [3.05, 3.63) is 69.8 Å². The Bertz CT molecular complexity index is 831. The van der Waals surface area contributed by atoms with E-state index in [0.717, 1.165) is 32.8 Å². The van der Waals surface area contributed by atoms with Crippen LogP contribution in [-0.2, 0) is 6.61 Å². The molecule has 0 aliphatic rings. The number of carbonyl (C=O) groups is 1. The van der Waals surface area contributed by atoms with Crippen molar-refractivity contribution in [1.29, 1.82) is 0 Å². The Morgan fingerprint density at radius 2 is 1.95 bits per heavy atom. The molecule has 0 aliphatic carbocycles. The third-order valence-corrected chi connectivity index (χ3v) is 4.00. The molecule has 0 unspecified atom stereocenters. The molecule has 0 aliphatic heterocycles. The van der Waals surface area contributed by atoms with E-state index in [0.29, 0.717) is 18.1 Å². The van der Waals surface area contributed by atoms with E-state index in [1.54, 1.807) is 0 Å². The van der Waals surface area contributed by atoms with Crippen molar-refractivity contribution < 1.29 is 9.53 Å². The van der Waals surface area contributed by atoms with E-state index in [2.05, 4.69) is 20.9 Å². The fourth-order valence-electron chi connectivity index (χ4n) is 2.35. The molecule has 0 amide bonds. The number of aromatic nitrogens is 1. The second kappa shape index (κ2) is 6.28. The SMILES string of the molecule is Cc1c(C=O)nc2ccc(Br)cc2c1OCc1ccccc1. The number of ether oxygens (including phenoxy) is 1. The van der Waals surface area contributed by atoms with Gasteiger partial charge in [0.1, 0.15) is 18.1 Å². The fourth-order valence-corrected chi connectivity index (χ4v) is 2.71. The third kappa shape index (κ3) is 2.88. The van der Waals surface area contributed by atoms with Crippen molar-refractivity contribution >= 4 is 33.1 Å². The maximum atomic E-state index is 11.2. The number of hydrogen-bond donors (Lipinski definition) is 0. The van der Waals surface area contributed by atoms with Crippen molar-refractivity contribution in [2.45, 2.75) is 13.5 Å². The molecule has 0 spiro atoms. The van der Waals surface area contributed by atoms with Gasteiger partial charge in [0.2, 0.25) is 0 Å². The lowest BCUT2D eigenvalue weighted by Gasteiger charge is -2.14. The summed E-state index contributed by atoms with van der Waals surface area (Å²) >= 11 is 3.47. The first-order valence-corrected chi connectivity index (χ1v) is 7.70. The van der Waals surface area contributed by atoms with Crippen LogP contribution >= 0.6 is 15.9 Å². The van der Waals surface area contributed by atoms with Gasteiger partial charge >= 0.3 is 0 Å². The maximum Gasteiger partial charge on any atom is 0.168 e. The summed E-state index contributed by atoms with van der Waals surface area (Å²) in [5.74, 6) is 0.706. The summed E-state index contributed by atoms with van der Waals surface area (Å²) in [4.78, 5) is 15.6. The van der Waals surface area contributed by atoms with E-state index in [-0.39, 0.29) is 0 Å². The van der Waals surface area contributed by atoms with Gasteiger partial charge in [-0.15, -0.1) is 0 Å². The van der Waals surface area contributed by atoms with Crippen LogP contribution in [0.15, 0.2) is 53.0 Å². The zero-order chi connectivity index (χ0) is 15.5. The van der Waals surface area contributed by atoms with E-state index in [1.807, 2.05) is 55.5 Å². The zero-order valence-electron chi connectivity index (χ0n) is 12.0. The van der Waals surface area contributed by atoms with Crippen LogP contribution in [-0.4, -0.2) is 11.3 Å². The van der Waals surface area contributed by atoms with Gasteiger partial charge in [-0.05, 0) is 30.7 Å². The molecule has 3 rings (SSSR count). The number of pyridine rings is 1. The van der Waals surface area contributed by atoms with Crippen molar-refractivity contribution in [3.8, 4) is 5.75 Å². The molecular formula is C18H14BrNO2. The second-order valence-corrected chi connectivity index (χ2v) is 5.92. The Labute approximate surface area is 137 Å². The molecule has 3 aromatic rings. The minimum atomic E-state index is 0.415. The fraction of sp³-hybridized carbons (Fsp3) is 0.111. The number of aldehydes is 1. The average molecular weight is 356 g/mol. The van der Waals surface area contributed by atoms with Gasteiger partial charge in [-0.25, -0.2) is 4.98 Å². The first-order chi connectivity index (χ1) is 10.7. The molecule has 2 aromatic carbocycles. The van der Waals surface area contributed by atoms with Gasteiger partial charge in [-0.1, -0.05) is 46.3 Å². The molecule has 0 fully saturated rings. The van der Waals surface area contributed by atoms with Crippen LogP contribution in [0.25, 0.3) is 10.9 Å². The molecule has 0 atom stereocenters. The first kappa shape index (κ1) is 14.7. The number of halogens is 1. The van der Waals surface area contributed by atoms with Gasteiger partial charge in [-0.3, -0.25) is 4.79 Å². The van der Waals surface area contributed by atoms with Gasteiger partial charge in [0.05, 0.1) is 5.52 Å². The van der Waals surface area contributed by atoms with E-state index < -0.39 is 0 Å². The standard InChI is InChI=1S/C18H14BrNO2/c1-12-17(10-21)20-16-8-7-14(19)9-15(16)18(12)22-11-13-5-3-2-4-6-13/h2-10H,11H2,1H3. The molecule has 4 heteroatoms. The topological polar surface area (TPSA) is 39.2 Å². The number of benzene rings is 2. The monoisotopic (exact) mass is 355 g/mol. The highest BCUT2D eigenvalue weighted by molar-refractivity contribution is 9.10. The number of carbonyl (C=O) groups excluding carboxylic acids is 1. The van der Waals surface area contributed by atoms with Gasteiger partial charge in [-0.2, -0.15) is 0 Å². The Morgan fingerprint density at radius 1 is 1.18 bits per heavy atom. The normalized spacial score (nSPS) is 10.6. The molecule has 0 radical (unpaired) electrons. The molecule has 110 valence electrons. The molecule has 1 heterocycles. The van der Waals surface area contributed by atoms with Gasteiger partial charge < -0.3 is 4.74 Å². The van der Waals surface area contributed by atoms with Crippen LogP contribution in [0.3, 0.4) is 0 Å². The lowest BCUT2D eigenvalue weighted by atomic mass is 10.1. The largest absolute Gasteiger partial charge is 0.488 e. The highest BCUT2D eigenvalue weighted by Crippen LogP contribution is 2.32. The minimum Gasteiger partial charge on any atom is -0.488 e. The van der Waals surface area contributed by atoms with Crippen molar-refractivity contribution in [2.75, 3.05) is 0 Å². The first-order valence-electron chi connectivity index (χ1n) is 6.91. The maximum absolute atomic E-state index is 11.2. The summed E-state index contributed by atoms with van der Waals surface area (Å²) in [6.45, 7) is 2.31. The number of nitrogens with zero attached hydrogens (tertiary/aromatic N) is 1. The molecule has 0 saturated heterocycles. The lowest BCUT2D eigenvalue weighted by Crippen LogP contribution is -2.02. The van der Waals surface area contributed by atoms with E-state index in [9.17, 15) is 4.79 Å². The van der Waals surface area contributed by atoms with Crippen LogP contribution in [0.1, 0.15) is 21.6 Å². The molecule has 0 bridgehead atoms. The average Bonchev–Trinajstić information content (AvgIpc) is 2.54. The summed E-state index contributed by atoms with van der Waals surface area (Å²) in [5, 5.41) is 0.897. The molecule has 0 saturated carbocycles. The Hall–Kier alpha value is -2.20. The van der Waals surface area contributed by atoms with E-state index in [1.165, 1.54) is 0 Å². The minimum absolute atomic E-state index is 0.415. The lowest BCUT2D eigenvalue weighted by molar-refractivity contribution is 0.111. The van der Waals surface area contributed by atoms with Crippen LogP contribution in [0, 0.1) is 6.92 Å². The van der Waals surface area contributed by atoms with Gasteiger partial charge in [0.25, 0.3) is 0 Å². The third-order valence-electron chi connectivity index (χ3n) is 3.51. The number of fused-ring (bicyclic) bond motifs is 1. The Morgan fingerprint density at radius 3 is 2.68 bits per heavy atom.